The molecule has 35 heavy (non-hydrogen) atoms. The highest BCUT2D eigenvalue weighted by molar-refractivity contribution is 6.96. The molecular weight excluding hydrogens is 446 g/mol. The third kappa shape index (κ3) is 4.51. The molecule has 0 saturated carbocycles. The number of Topliss-reactive ketones (excluding diaryl/α,β-unsaturated/α-hetero) is 1. The van der Waals surface area contributed by atoms with Crippen LogP contribution in [-0.2, 0) is 4.43 Å². The van der Waals surface area contributed by atoms with E-state index < -0.39 is 14.4 Å². The first kappa shape index (κ1) is 23.0. The Balaban J connectivity index is 1.70. The van der Waals surface area contributed by atoms with Crippen LogP contribution in [0.25, 0.3) is 10.9 Å². The Kier molecular flexibility index (Phi) is 6.24. The van der Waals surface area contributed by atoms with Crippen molar-refractivity contribution in [3.05, 3.63) is 132 Å². The molecule has 0 spiro atoms. The highest BCUT2D eigenvalue weighted by Gasteiger charge is 2.40. The van der Waals surface area contributed by atoms with E-state index in [1.54, 1.807) is 0 Å². The number of para-hydroxylation sites is 1. The summed E-state index contributed by atoms with van der Waals surface area (Å²) in [7, 11) is -2.77. The second kappa shape index (κ2) is 9.49. The van der Waals surface area contributed by atoms with Crippen LogP contribution < -0.4 is 10.4 Å². The number of ketones is 1. The molecule has 0 unspecified atom stereocenters. The Morgan fingerprint density at radius 1 is 0.771 bits per heavy atom. The Labute approximate surface area is 207 Å². The minimum Gasteiger partial charge on any atom is -0.394 e. The topological polar surface area (TPSA) is 42.1 Å². The third-order valence-electron chi connectivity index (χ3n) is 6.65. The normalized spacial score (nSPS) is 12.5. The minimum absolute atomic E-state index is 0.0236. The Hall–Kier alpha value is -3.73. The summed E-state index contributed by atoms with van der Waals surface area (Å²) in [5.41, 5.74) is 4.61. The summed E-state index contributed by atoms with van der Waals surface area (Å²) in [4.78, 5) is 17.6. The molecule has 0 fully saturated rings. The molecule has 0 aliphatic carbocycles. The van der Waals surface area contributed by atoms with Crippen LogP contribution in [0.4, 0.5) is 0 Å². The van der Waals surface area contributed by atoms with E-state index in [2.05, 4.69) is 47.9 Å². The fourth-order valence-corrected chi connectivity index (χ4v) is 7.87. The standard InChI is InChI=1S/C31H29NO2Si/c1-22-19-23(2)21-25(20-22)30(33)31(28-16-10-11-24-17-18-32-29(24)28)34-35(3,26-12-6-4-7-13-26)27-14-8-5-9-15-27/h4-21,31-32H,1-3H3/t31-/m0/s1. The maximum Gasteiger partial charge on any atom is 0.254 e. The zero-order valence-electron chi connectivity index (χ0n) is 20.3. The number of hydrogen-bond acceptors (Lipinski definition) is 2. The van der Waals surface area contributed by atoms with Gasteiger partial charge < -0.3 is 9.41 Å². The SMILES string of the molecule is Cc1cc(C)cc(C(=O)[C@@H](O[Si](C)(c2ccccc2)c2ccccc2)c2cccc3cc[nH]c23)c1. The number of aryl methyl sites for hydroxylation is 2. The summed E-state index contributed by atoms with van der Waals surface area (Å²) >= 11 is 0. The van der Waals surface area contributed by atoms with Crippen molar-refractivity contribution in [3.63, 3.8) is 0 Å². The van der Waals surface area contributed by atoms with Gasteiger partial charge in [-0.1, -0.05) is 96.1 Å². The van der Waals surface area contributed by atoms with E-state index >= 15 is 0 Å². The minimum atomic E-state index is -2.77. The number of fused-ring (bicyclic) bond motifs is 1. The first-order valence-electron chi connectivity index (χ1n) is 11.9. The lowest BCUT2D eigenvalue weighted by Gasteiger charge is -2.33. The molecule has 174 valence electrons. The van der Waals surface area contributed by atoms with Crippen molar-refractivity contribution in [3.8, 4) is 0 Å². The lowest BCUT2D eigenvalue weighted by atomic mass is 9.96. The fraction of sp³-hybridized carbons (Fsp3) is 0.129. The van der Waals surface area contributed by atoms with Crippen LogP contribution in [0, 0.1) is 13.8 Å². The summed E-state index contributed by atoms with van der Waals surface area (Å²) in [6.45, 7) is 6.24. The van der Waals surface area contributed by atoms with Gasteiger partial charge in [0.1, 0.15) is 6.10 Å². The van der Waals surface area contributed by atoms with Crippen LogP contribution in [-0.4, -0.2) is 19.1 Å². The molecule has 0 radical (unpaired) electrons. The highest BCUT2D eigenvalue weighted by Crippen LogP contribution is 2.32. The highest BCUT2D eigenvalue weighted by atomic mass is 28.4. The molecule has 0 amide bonds. The van der Waals surface area contributed by atoms with Gasteiger partial charge in [-0.3, -0.25) is 4.79 Å². The number of carbonyl (C=O) groups is 1. The third-order valence-corrected chi connectivity index (χ3v) is 10.2. The molecule has 5 aromatic rings. The van der Waals surface area contributed by atoms with Crippen LogP contribution in [0.3, 0.4) is 0 Å². The van der Waals surface area contributed by atoms with E-state index in [9.17, 15) is 4.79 Å². The zero-order valence-corrected chi connectivity index (χ0v) is 21.3. The molecule has 4 heteroatoms. The molecule has 5 rings (SSSR count). The smallest absolute Gasteiger partial charge is 0.254 e. The summed E-state index contributed by atoms with van der Waals surface area (Å²) in [6, 6.07) is 34.8. The van der Waals surface area contributed by atoms with Crippen LogP contribution in [0.15, 0.2) is 109 Å². The van der Waals surface area contributed by atoms with Crippen LogP contribution in [0.1, 0.15) is 33.2 Å². The number of aromatic amines is 1. The van der Waals surface area contributed by atoms with Gasteiger partial charge in [0, 0.05) is 17.3 Å². The van der Waals surface area contributed by atoms with Crippen LogP contribution >= 0.6 is 0 Å². The van der Waals surface area contributed by atoms with Gasteiger partial charge >= 0.3 is 0 Å². The van der Waals surface area contributed by atoms with Gasteiger partial charge in [-0.25, -0.2) is 0 Å². The van der Waals surface area contributed by atoms with E-state index in [1.807, 2.05) is 86.8 Å². The van der Waals surface area contributed by atoms with Crippen molar-refractivity contribution in [1.82, 2.24) is 4.98 Å². The Bertz CT molecular complexity index is 1410. The molecule has 0 saturated heterocycles. The monoisotopic (exact) mass is 475 g/mol. The first-order chi connectivity index (χ1) is 17.0. The molecule has 3 nitrogen and oxygen atoms in total. The quantitative estimate of drug-likeness (QED) is 0.228. The summed E-state index contributed by atoms with van der Waals surface area (Å²) in [6.07, 6.45) is 1.16. The lowest BCUT2D eigenvalue weighted by molar-refractivity contribution is 0.0788. The molecule has 1 aromatic heterocycles. The predicted molar refractivity (Wildman–Crippen MR) is 146 cm³/mol. The second-order valence-electron chi connectivity index (χ2n) is 9.29. The fourth-order valence-electron chi connectivity index (χ4n) is 4.90. The van der Waals surface area contributed by atoms with Crippen LogP contribution in [0.2, 0.25) is 6.55 Å². The Morgan fingerprint density at radius 2 is 1.37 bits per heavy atom. The molecule has 1 atom stereocenters. The van der Waals surface area contributed by atoms with Gasteiger partial charge in [-0.05, 0) is 54.4 Å². The van der Waals surface area contributed by atoms with E-state index in [4.69, 9.17) is 4.43 Å². The van der Waals surface area contributed by atoms with Gasteiger partial charge in [-0.2, -0.15) is 0 Å². The van der Waals surface area contributed by atoms with Gasteiger partial charge in [0.25, 0.3) is 8.32 Å². The summed E-state index contributed by atoms with van der Waals surface area (Å²) in [5, 5.41) is 3.32. The number of rotatable bonds is 7. The number of nitrogens with one attached hydrogen (secondary N) is 1. The van der Waals surface area contributed by atoms with Gasteiger partial charge in [-0.15, -0.1) is 0 Å². The summed E-state index contributed by atoms with van der Waals surface area (Å²) < 4.78 is 7.14. The van der Waals surface area contributed by atoms with Crippen LogP contribution in [0.5, 0.6) is 0 Å². The molecule has 0 aliphatic heterocycles. The number of carbonyl (C=O) groups excluding carboxylic acids is 1. The van der Waals surface area contributed by atoms with E-state index in [0.29, 0.717) is 5.56 Å². The Morgan fingerprint density at radius 3 is 1.97 bits per heavy atom. The van der Waals surface area contributed by atoms with Crippen molar-refractivity contribution in [2.24, 2.45) is 0 Å². The molecule has 1 heterocycles. The number of H-pyrrole nitrogens is 1. The molecule has 4 aromatic carbocycles. The van der Waals surface area contributed by atoms with Crippen molar-refractivity contribution in [2.45, 2.75) is 26.5 Å². The van der Waals surface area contributed by atoms with E-state index in [-0.39, 0.29) is 5.78 Å². The van der Waals surface area contributed by atoms with Crippen molar-refractivity contribution < 1.29 is 9.22 Å². The summed E-state index contributed by atoms with van der Waals surface area (Å²) in [5.74, 6) is -0.0236. The van der Waals surface area contributed by atoms with E-state index in [1.165, 1.54) is 0 Å². The molecule has 0 aliphatic rings. The lowest BCUT2D eigenvalue weighted by Crippen LogP contribution is -2.59. The zero-order chi connectivity index (χ0) is 24.4. The molecule has 0 bridgehead atoms. The number of hydrogen-bond donors (Lipinski definition) is 1. The maximum atomic E-state index is 14.2. The van der Waals surface area contributed by atoms with Gasteiger partial charge in [0.2, 0.25) is 0 Å². The van der Waals surface area contributed by atoms with Crippen molar-refractivity contribution in [2.75, 3.05) is 0 Å². The van der Waals surface area contributed by atoms with E-state index in [0.717, 1.165) is 38.0 Å². The second-order valence-corrected chi connectivity index (χ2v) is 12.7. The van der Waals surface area contributed by atoms with Gasteiger partial charge in [0.05, 0.1) is 5.52 Å². The first-order valence-corrected chi connectivity index (χ1v) is 14.3. The largest absolute Gasteiger partial charge is 0.394 e. The molecule has 1 N–H and O–H groups in total. The van der Waals surface area contributed by atoms with Gasteiger partial charge in [0.15, 0.2) is 5.78 Å². The average molecular weight is 476 g/mol. The van der Waals surface area contributed by atoms with Crippen molar-refractivity contribution >= 4 is 35.4 Å². The number of aromatic nitrogens is 1. The molecular formula is C31H29NO2Si. The maximum absolute atomic E-state index is 14.2. The predicted octanol–water partition coefficient (Wildman–Crippen LogP) is 6.12. The number of benzene rings is 4. The van der Waals surface area contributed by atoms with Crippen molar-refractivity contribution in [1.29, 1.82) is 0 Å². The average Bonchev–Trinajstić information content (AvgIpc) is 3.37.